The molecule has 1 heterocycles. The first-order valence-electron chi connectivity index (χ1n) is 5.19. The zero-order chi connectivity index (χ0) is 12.0. The molecule has 1 aromatic heterocycles. The lowest BCUT2D eigenvalue weighted by Gasteiger charge is -1.92. The number of rotatable bonds is 2. The van der Waals surface area contributed by atoms with E-state index in [4.69, 9.17) is 5.26 Å². The number of nitrogens with one attached hydrogen (secondary N) is 1. The van der Waals surface area contributed by atoms with Crippen LogP contribution >= 0.6 is 0 Å². The maximum Gasteiger partial charge on any atom is 0.206 e. The quantitative estimate of drug-likeness (QED) is 0.791. The minimum absolute atomic E-state index is 0.150. The van der Waals surface area contributed by atoms with Gasteiger partial charge in [-0.2, -0.15) is 5.26 Å². The molecule has 82 valence electrons. The molecule has 0 aromatic carbocycles. The van der Waals surface area contributed by atoms with Crippen LogP contribution in [0.1, 0.15) is 25.8 Å². The molecule has 16 heavy (non-hydrogen) atoms. The van der Waals surface area contributed by atoms with Gasteiger partial charge in [-0.1, -0.05) is 25.2 Å². The van der Waals surface area contributed by atoms with Gasteiger partial charge in [-0.15, -0.1) is 0 Å². The van der Waals surface area contributed by atoms with Gasteiger partial charge in [-0.25, -0.2) is 0 Å². The zero-order valence-corrected chi connectivity index (χ0v) is 9.45. The van der Waals surface area contributed by atoms with Crippen molar-refractivity contribution in [2.24, 2.45) is 0 Å². The van der Waals surface area contributed by atoms with Crippen LogP contribution < -0.4 is 16.0 Å². The van der Waals surface area contributed by atoms with E-state index in [9.17, 15) is 4.79 Å². The third kappa shape index (κ3) is 2.48. The van der Waals surface area contributed by atoms with Gasteiger partial charge in [0.1, 0.15) is 11.6 Å². The molecule has 0 aliphatic rings. The fourth-order valence-electron chi connectivity index (χ4n) is 1.38. The van der Waals surface area contributed by atoms with Crippen molar-refractivity contribution in [3.05, 3.63) is 44.7 Å². The van der Waals surface area contributed by atoms with Crippen molar-refractivity contribution in [3.63, 3.8) is 0 Å². The molecule has 3 nitrogen and oxygen atoms in total. The van der Waals surface area contributed by atoms with Crippen molar-refractivity contribution < 1.29 is 0 Å². The van der Waals surface area contributed by atoms with Crippen molar-refractivity contribution in [1.82, 2.24) is 4.98 Å². The Labute approximate surface area is 94.1 Å². The molecular weight excluding hydrogens is 200 g/mol. The molecule has 0 unspecified atom stereocenters. The summed E-state index contributed by atoms with van der Waals surface area (Å²) in [6.07, 6.45) is 9.59. The van der Waals surface area contributed by atoms with E-state index < -0.39 is 0 Å². The topological polar surface area (TPSA) is 56.6 Å². The Hall–Kier alpha value is -2.08. The van der Waals surface area contributed by atoms with Gasteiger partial charge in [0, 0.05) is 16.8 Å². The fourth-order valence-corrected chi connectivity index (χ4v) is 1.38. The zero-order valence-electron chi connectivity index (χ0n) is 9.45. The lowest BCUT2D eigenvalue weighted by atomic mass is 10.2. The van der Waals surface area contributed by atoms with Gasteiger partial charge < -0.3 is 4.98 Å². The first-order valence-corrected chi connectivity index (χ1v) is 5.19. The number of allylic oxidation sites excluding steroid dienone is 2. The number of H-pyrrole nitrogens is 1. The van der Waals surface area contributed by atoms with E-state index in [1.54, 1.807) is 0 Å². The SMILES string of the molecule is C\C=C/C=c1/[nH]cc(C#N)c(=O)/c1=C/CC. The maximum absolute atomic E-state index is 11.9. The summed E-state index contributed by atoms with van der Waals surface area (Å²) >= 11 is 0. The van der Waals surface area contributed by atoms with Crippen LogP contribution in [-0.4, -0.2) is 4.98 Å². The molecule has 0 radical (unpaired) electrons. The van der Waals surface area contributed by atoms with Crippen molar-refractivity contribution in [3.8, 4) is 6.07 Å². The summed E-state index contributed by atoms with van der Waals surface area (Å²) in [5.74, 6) is 0. The summed E-state index contributed by atoms with van der Waals surface area (Å²) in [5, 5.41) is 10.1. The van der Waals surface area contributed by atoms with Gasteiger partial charge in [0.05, 0.1) is 0 Å². The largest absolute Gasteiger partial charge is 0.360 e. The standard InChI is InChI=1S/C13H14N2O/c1-3-5-7-12-11(6-4-2)13(16)10(8-14)9-15-12/h3,5-7,9,15H,4H2,1-2H3/b5-3-,11-6+,12-7+. The molecule has 0 bridgehead atoms. The van der Waals surface area contributed by atoms with Crippen LogP contribution in [0.4, 0.5) is 0 Å². The molecule has 3 heteroatoms. The molecule has 1 rings (SSSR count). The van der Waals surface area contributed by atoms with Crippen LogP contribution in [0, 0.1) is 11.3 Å². The molecule has 1 aromatic rings. The molecule has 0 aliphatic heterocycles. The van der Waals surface area contributed by atoms with Crippen LogP contribution in [-0.2, 0) is 0 Å². The van der Waals surface area contributed by atoms with Crippen LogP contribution in [0.15, 0.2) is 23.1 Å². The second-order valence-electron chi connectivity index (χ2n) is 3.28. The highest BCUT2D eigenvalue weighted by atomic mass is 16.1. The lowest BCUT2D eigenvalue weighted by molar-refractivity contribution is 1.16. The molecule has 1 N–H and O–H groups in total. The normalized spacial score (nSPS) is 13.3. The summed E-state index contributed by atoms with van der Waals surface area (Å²) in [4.78, 5) is 14.8. The highest BCUT2D eigenvalue weighted by Crippen LogP contribution is 1.79. The van der Waals surface area contributed by atoms with Crippen LogP contribution in [0.3, 0.4) is 0 Å². The lowest BCUT2D eigenvalue weighted by Crippen LogP contribution is -2.42. The summed E-state index contributed by atoms with van der Waals surface area (Å²) < 4.78 is 0. The Morgan fingerprint density at radius 3 is 2.88 bits per heavy atom. The molecule has 0 saturated heterocycles. The van der Waals surface area contributed by atoms with Gasteiger partial charge in [0.2, 0.25) is 5.43 Å². The van der Waals surface area contributed by atoms with Gasteiger partial charge >= 0.3 is 0 Å². The number of hydrogen-bond donors (Lipinski definition) is 1. The Morgan fingerprint density at radius 2 is 2.31 bits per heavy atom. The third-order valence-electron chi connectivity index (χ3n) is 2.14. The maximum atomic E-state index is 11.9. The van der Waals surface area contributed by atoms with Crippen LogP contribution in [0.25, 0.3) is 12.2 Å². The van der Waals surface area contributed by atoms with Crippen molar-refractivity contribution in [2.45, 2.75) is 20.3 Å². The smallest absolute Gasteiger partial charge is 0.206 e. The summed E-state index contributed by atoms with van der Waals surface area (Å²) in [7, 11) is 0. The summed E-state index contributed by atoms with van der Waals surface area (Å²) in [6, 6.07) is 1.88. The van der Waals surface area contributed by atoms with E-state index in [2.05, 4.69) is 4.98 Å². The van der Waals surface area contributed by atoms with E-state index in [1.807, 2.05) is 44.2 Å². The van der Waals surface area contributed by atoms with Crippen LogP contribution in [0.2, 0.25) is 0 Å². The molecule has 0 fully saturated rings. The average molecular weight is 214 g/mol. The number of pyridine rings is 1. The third-order valence-corrected chi connectivity index (χ3v) is 2.14. The first kappa shape index (κ1) is 12.0. The van der Waals surface area contributed by atoms with Crippen molar-refractivity contribution in [2.75, 3.05) is 0 Å². The van der Waals surface area contributed by atoms with E-state index in [1.165, 1.54) is 6.20 Å². The Balaban J connectivity index is 3.69. The summed E-state index contributed by atoms with van der Waals surface area (Å²) in [6.45, 7) is 3.86. The van der Waals surface area contributed by atoms with E-state index >= 15 is 0 Å². The van der Waals surface area contributed by atoms with Gasteiger partial charge in [0.25, 0.3) is 0 Å². The number of nitriles is 1. The average Bonchev–Trinajstić information content (AvgIpc) is 2.30. The second-order valence-corrected chi connectivity index (χ2v) is 3.28. The minimum Gasteiger partial charge on any atom is -0.360 e. The molecule has 0 aliphatic carbocycles. The van der Waals surface area contributed by atoms with Crippen molar-refractivity contribution >= 4 is 12.2 Å². The van der Waals surface area contributed by atoms with Crippen molar-refractivity contribution in [1.29, 1.82) is 5.26 Å². The van der Waals surface area contributed by atoms with E-state index in [-0.39, 0.29) is 11.0 Å². The van der Waals surface area contributed by atoms with Gasteiger partial charge in [0.15, 0.2) is 0 Å². The van der Waals surface area contributed by atoms with E-state index in [0.717, 1.165) is 11.8 Å². The molecule has 0 amide bonds. The molecule has 0 saturated carbocycles. The Bertz CT molecular complexity index is 600. The van der Waals surface area contributed by atoms with Gasteiger partial charge in [-0.3, -0.25) is 4.79 Å². The number of hydrogen-bond acceptors (Lipinski definition) is 2. The second kappa shape index (κ2) is 5.72. The number of nitrogens with zero attached hydrogens (tertiary/aromatic N) is 1. The molecular formula is C13H14N2O. The fraction of sp³-hybridized carbons (Fsp3) is 0.231. The highest BCUT2D eigenvalue weighted by Gasteiger charge is 1.99. The Kier molecular flexibility index (Phi) is 4.28. The number of aromatic nitrogens is 1. The Morgan fingerprint density at radius 1 is 1.56 bits per heavy atom. The van der Waals surface area contributed by atoms with Gasteiger partial charge in [-0.05, 0) is 19.4 Å². The molecule has 0 spiro atoms. The predicted molar refractivity (Wildman–Crippen MR) is 65.1 cm³/mol. The molecule has 0 atom stereocenters. The number of aromatic amines is 1. The first-order chi connectivity index (χ1) is 7.74. The summed E-state index contributed by atoms with van der Waals surface area (Å²) in [5.41, 5.74) is -0.0591. The predicted octanol–water partition coefficient (Wildman–Crippen LogP) is 0.794. The van der Waals surface area contributed by atoms with Crippen LogP contribution in [0.5, 0.6) is 0 Å². The minimum atomic E-state index is -0.209. The highest BCUT2D eigenvalue weighted by molar-refractivity contribution is 5.39. The monoisotopic (exact) mass is 214 g/mol. The van der Waals surface area contributed by atoms with E-state index in [0.29, 0.717) is 5.22 Å².